The van der Waals surface area contributed by atoms with Gasteiger partial charge in [-0.2, -0.15) is 0 Å². The second-order valence-electron chi connectivity index (χ2n) is 5.18. The molecule has 5 heteroatoms. The second kappa shape index (κ2) is 5.54. The van der Waals surface area contributed by atoms with Crippen LogP contribution in [0.3, 0.4) is 0 Å². The summed E-state index contributed by atoms with van der Waals surface area (Å²) in [6.45, 7) is 3.08. The maximum atomic E-state index is 6.00. The fraction of sp³-hybridized carbons (Fsp3) is 0.250. The molecule has 5 N–H and O–H groups in total. The van der Waals surface area contributed by atoms with E-state index in [1.54, 1.807) is 0 Å². The van der Waals surface area contributed by atoms with Crippen molar-refractivity contribution in [3.8, 4) is 11.5 Å². The first kappa shape index (κ1) is 13.6. The molecule has 2 aromatic carbocycles. The molecule has 21 heavy (non-hydrogen) atoms. The molecule has 1 heterocycles. The highest BCUT2D eigenvalue weighted by Crippen LogP contribution is 2.32. The van der Waals surface area contributed by atoms with E-state index >= 15 is 0 Å². The highest BCUT2D eigenvalue weighted by atomic mass is 16.7. The summed E-state index contributed by atoms with van der Waals surface area (Å²) in [5.74, 6) is 1.59. The molecule has 0 aromatic heterocycles. The number of nitrogens with two attached hydrogens (primary N) is 2. The van der Waals surface area contributed by atoms with Crippen LogP contribution in [0.4, 0.5) is 11.4 Å². The van der Waals surface area contributed by atoms with Gasteiger partial charge in [-0.3, -0.25) is 0 Å². The van der Waals surface area contributed by atoms with Gasteiger partial charge in [0.25, 0.3) is 0 Å². The first-order chi connectivity index (χ1) is 10.1. The van der Waals surface area contributed by atoms with E-state index in [9.17, 15) is 0 Å². The second-order valence-corrected chi connectivity index (χ2v) is 5.18. The third kappa shape index (κ3) is 2.87. The van der Waals surface area contributed by atoms with Gasteiger partial charge in [0.1, 0.15) is 0 Å². The normalized spacial score (nSPS) is 14.1. The number of nitrogens with one attached hydrogen (secondary N) is 1. The fourth-order valence-corrected chi connectivity index (χ4v) is 2.40. The van der Waals surface area contributed by atoms with E-state index in [1.807, 2.05) is 36.4 Å². The van der Waals surface area contributed by atoms with Crippen LogP contribution in [0, 0.1) is 0 Å². The smallest absolute Gasteiger partial charge is 0.231 e. The van der Waals surface area contributed by atoms with Crippen LogP contribution in [0.2, 0.25) is 0 Å². The molecule has 0 aliphatic carbocycles. The summed E-state index contributed by atoms with van der Waals surface area (Å²) in [7, 11) is 0. The molecule has 0 fully saturated rings. The van der Waals surface area contributed by atoms with E-state index in [0.29, 0.717) is 13.3 Å². The predicted octanol–water partition coefficient (Wildman–Crippen LogP) is 2.43. The van der Waals surface area contributed by atoms with Gasteiger partial charge in [0.05, 0.1) is 0 Å². The highest BCUT2D eigenvalue weighted by molar-refractivity contribution is 5.56. The molecule has 0 saturated heterocycles. The monoisotopic (exact) mass is 285 g/mol. The molecule has 0 amide bonds. The van der Waals surface area contributed by atoms with Crippen LogP contribution in [0.25, 0.3) is 0 Å². The van der Waals surface area contributed by atoms with Crippen molar-refractivity contribution in [2.75, 3.05) is 18.3 Å². The number of ether oxygens (including phenoxy) is 2. The number of rotatable bonds is 4. The van der Waals surface area contributed by atoms with Crippen molar-refractivity contribution in [3.05, 3.63) is 47.5 Å². The van der Waals surface area contributed by atoms with E-state index in [-0.39, 0.29) is 6.04 Å². The Labute approximate surface area is 123 Å². The van der Waals surface area contributed by atoms with Gasteiger partial charge >= 0.3 is 0 Å². The van der Waals surface area contributed by atoms with Crippen LogP contribution < -0.4 is 26.3 Å². The lowest BCUT2D eigenvalue weighted by molar-refractivity contribution is 0.174. The minimum Gasteiger partial charge on any atom is -0.454 e. The molecule has 5 nitrogen and oxygen atoms in total. The van der Waals surface area contributed by atoms with Crippen molar-refractivity contribution in [2.45, 2.75) is 19.5 Å². The quantitative estimate of drug-likeness (QED) is 0.752. The molecule has 0 saturated carbocycles. The topological polar surface area (TPSA) is 82.5 Å². The summed E-state index contributed by atoms with van der Waals surface area (Å²) in [6, 6.07) is 11.6. The largest absolute Gasteiger partial charge is 0.454 e. The zero-order valence-electron chi connectivity index (χ0n) is 11.9. The van der Waals surface area contributed by atoms with Gasteiger partial charge in [-0.15, -0.1) is 0 Å². The Morgan fingerprint density at radius 2 is 1.90 bits per heavy atom. The van der Waals surface area contributed by atoms with Gasteiger partial charge in [0.2, 0.25) is 6.79 Å². The molecular weight excluding hydrogens is 266 g/mol. The Morgan fingerprint density at radius 1 is 1.10 bits per heavy atom. The zero-order valence-corrected chi connectivity index (χ0v) is 11.9. The number of anilines is 2. The predicted molar refractivity (Wildman–Crippen MR) is 83.1 cm³/mol. The summed E-state index contributed by atoms with van der Waals surface area (Å²) < 4.78 is 10.7. The summed E-state index contributed by atoms with van der Waals surface area (Å²) in [6.07, 6.45) is 0. The van der Waals surface area contributed by atoms with E-state index in [1.165, 1.54) is 0 Å². The molecule has 2 aromatic rings. The van der Waals surface area contributed by atoms with Crippen LogP contribution in [-0.2, 0) is 6.54 Å². The van der Waals surface area contributed by atoms with Crippen LogP contribution in [0.15, 0.2) is 36.4 Å². The molecule has 0 radical (unpaired) electrons. The number of fused-ring (bicyclic) bond motifs is 1. The van der Waals surface area contributed by atoms with E-state index < -0.39 is 0 Å². The Balaban J connectivity index is 1.68. The lowest BCUT2D eigenvalue weighted by atomic mass is 10.0. The summed E-state index contributed by atoms with van der Waals surface area (Å²) in [5.41, 5.74) is 15.4. The molecule has 1 atom stereocenters. The van der Waals surface area contributed by atoms with Gasteiger partial charge in [0, 0.05) is 24.0 Å². The third-order valence-electron chi connectivity index (χ3n) is 3.63. The van der Waals surface area contributed by atoms with Gasteiger partial charge in [-0.25, -0.2) is 0 Å². The molecule has 1 unspecified atom stereocenters. The molecule has 110 valence electrons. The van der Waals surface area contributed by atoms with Crippen molar-refractivity contribution < 1.29 is 9.47 Å². The summed E-state index contributed by atoms with van der Waals surface area (Å²) in [5, 5.41) is 3.44. The van der Waals surface area contributed by atoms with Crippen LogP contribution in [-0.4, -0.2) is 6.79 Å². The van der Waals surface area contributed by atoms with Crippen molar-refractivity contribution in [1.29, 1.82) is 0 Å². The molecular formula is C16H19N3O2. The number of hydrogen-bond acceptors (Lipinski definition) is 5. The maximum Gasteiger partial charge on any atom is 0.231 e. The zero-order chi connectivity index (χ0) is 14.8. The van der Waals surface area contributed by atoms with Gasteiger partial charge in [-0.1, -0.05) is 6.07 Å². The third-order valence-corrected chi connectivity index (χ3v) is 3.63. The SMILES string of the molecule is CC(NCc1ccc2c(c1)OCO2)c1cc(N)ccc1N. The standard InChI is InChI=1S/C16H19N3O2/c1-10(13-7-12(17)3-4-14(13)18)19-8-11-2-5-15-16(6-11)21-9-20-15/h2-7,10,19H,8-9,17-18H2,1H3. The van der Waals surface area contributed by atoms with Gasteiger partial charge < -0.3 is 26.3 Å². The van der Waals surface area contributed by atoms with Crippen molar-refractivity contribution in [1.82, 2.24) is 5.32 Å². The summed E-state index contributed by atoms with van der Waals surface area (Å²) >= 11 is 0. The Kier molecular flexibility index (Phi) is 3.58. The van der Waals surface area contributed by atoms with Gasteiger partial charge in [-0.05, 0) is 48.4 Å². The lowest BCUT2D eigenvalue weighted by Crippen LogP contribution is -2.19. The lowest BCUT2D eigenvalue weighted by Gasteiger charge is -2.17. The molecule has 3 rings (SSSR count). The van der Waals surface area contributed by atoms with E-state index in [4.69, 9.17) is 20.9 Å². The first-order valence-electron chi connectivity index (χ1n) is 6.90. The number of nitrogen functional groups attached to an aromatic ring is 2. The first-order valence-corrected chi connectivity index (χ1v) is 6.90. The molecule has 0 bridgehead atoms. The molecule has 1 aliphatic heterocycles. The van der Waals surface area contributed by atoms with Crippen LogP contribution in [0.1, 0.15) is 24.1 Å². The Hall–Kier alpha value is -2.40. The highest BCUT2D eigenvalue weighted by Gasteiger charge is 2.14. The molecule has 0 spiro atoms. The number of hydrogen-bond donors (Lipinski definition) is 3. The average Bonchev–Trinajstić information content (AvgIpc) is 2.94. The van der Waals surface area contributed by atoms with Crippen LogP contribution >= 0.6 is 0 Å². The summed E-state index contributed by atoms with van der Waals surface area (Å²) in [4.78, 5) is 0. The van der Waals surface area contributed by atoms with Crippen molar-refractivity contribution in [2.24, 2.45) is 0 Å². The minimum atomic E-state index is 0.110. The van der Waals surface area contributed by atoms with E-state index in [2.05, 4.69) is 12.2 Å². The Morgan fingerprint density at radius 3 is 2.76 bits per heavy atom. The van der Waals surface area contributed by atoms with Crippen LogP contribution in [0.5, 0.6) is 11.5 Å². The maximum absolute atomic E-state index is 6.00. The number of benzene rings is 2. The van der Waals surface area contributed by atoms with Gasteiger partial charge in [0.15, 0.2) is 11.5 Å². The van der Waals surface area contributed by atoms with Crippen molar-refractivity contribution in [3.63, 3.8) is 0 Å². The minimum absolute atomic E-state index is 0.110. The van der Waals surface area contributed by atoms with Crippen molar-refractivity contribution >= 4 is 11.4 Å². The molecule has 1 aliphatic rings. The Bertz CT molecular complexity index is 658. The average molecular weight is 285 g/mol. The van der Waals surface area contributed by atoms with E-state index in [0.717, 1.165) is 34.0 Å². The fourth-order valence-electron chi connectivity index (χ4n) is 2.40.